The highest BCUT2D eigenvalue weighted by Crippen LogP contribution is 2.35. The van der Waals surface area contributed by atoms with Gasteiger partial charge in [0, 0.05) is 5.69 Å². The van der Waals surface area contributed by atoms with E-state index in [1.165, 1.54) is 11.0 Å². The fourth-order valence-corrected chi connectivity index (χ4v) is 4.36. The largest absolute Gasteiger partial charge is 0.504 e. The second-order valence-corrected chi connectivity index (χ2v) is 8.42. The van der Waals surface area contributed by atoms with Crippen LogP contribution in [0.25, 0.3) is 6.08 Å². The molecule has 8 heteroatoms. The van der Waals surface area contributed by atoms with Crippen molar-refractivity contribution < 1.29 is 19.4 Å². The van der Waals surface area contributed by atoms with Crippen molar-refractivity contribution in [2.24, 2.45) is 0 Å². The quantitative estimate of drug-likeness (QED) is 0.512. The van der Waals surface area contributed by atoms with E-state index in [0.717, 1.165) is 17.3 Å². The zero-order chi connectivity index (χ0) is 21.8. The molecule has 0 aromatic heterocycles. The molecule has 156 valence electrons. The highest BCUT2D eigenvalue weighted by molar-refractivity contribution is 8.26. The van der Waals surface area contributed by atoms with Crippen LogP contribution in [0.15, 0.2) is 47.4 Å². The van der Waals surface area contributed by atoms with Gasteiger partial charge in [0.05, 0.1) is 11.5 Å². The molecule has 1 aliphatic heterocycles. The van der Waals surface area contributed by atoms with E-state index in [1.807, 2.05) is 32.0 Å². The molecule has 0 aliphatic carbocycles. The van der Waals surface area contributed by atoms with E-state index in [1.54, 1.807) is 31.2 Å². The Hall–Kier alpha value is -2.84. The third-order valence-electron chi connectivity index (χ3n) is 4.46. The Morgan fingerprint density at radius 1 is 1.33 bits per heavy atom. The third-order valence-corrected chi connectivity index (χ3v) is 5.79. The number of aryl methyl sites for hydroxylation is 1. The van der Waals surface area contributed by atoms with Crippen LogP contribution in [0, 0.1) is 6.92 Å². The lowest BCUT2D eigenvalue weighted by Gasteiger charge is -2.22. The van der Waals surface area contributed by atoms with Crippen LogP contribution in [0.3, 0.4) is 0 Å². The summed E-state index contributed by atoms with van der Waals surface area (Å²) in [5.41, 5.74) is 2.38. The van der Waals surface area contributed by atoms with Gasteiger partial charge < -0.3 is 15.2 Å². The number of carbonyl (C=O) groups excluding carboxylic acids is 2. The maximum atomic E-state index is 12.9. The first-order valence-electron chi connectivity index (χ1n) is 9.40. The molecule has 1 atom stereocenters. The Balaban J connectivity index is 1.77. The van der Waals surface area contributed by atoms with Crippen molar-refractivity contribution >= 4 is 51.9 Å². The molecular formula is C22H22N2O4S2. The summed E-state index contributed by atoms with van der Waals surface area (Å²) in [5.74, 6) is -0.278. The molecule has 2 aromatic carbocycles. The Labute approximate surface area is 184 Å². The van der Waals surface area contributed by atoms with Gasteiger partial charge >= 0.3 is 0 Å². The fourth-order valence-electron chi connectivity index (χ4n) is 2.94. The van der Waals surface area contributed by atoms with Gasteiger partial charge in [-0.05, 0) is 62.2 Å². The number of aromatic hydroxyl groups is 1. The topological polar surface area (TPSA) is 78.9 Å². The molecule has 0 radical (unpaired) electrons. The molecular weight excluding hydrogens is 420 g/mol. The normalized spacial score (nSPS) is 16.1. The van der Waals surface area contributed by atoms with Gasteiger partial charge in [-0.1, -0.05) is 42.2 Å². The van der Waals surface area contributed by atoms with E-state index in [4.69, 9.17) is 17.0 Å². The summed E-state index contributed by atoms with van der Waals surface area (Å²) in [6.45, 7) is 5.81. The minimum Gasteiger partial charge on any atom is -0.504 e. The molecule has 2 aromatic rings. The number of thiocarbonyl (C=S) groups is 1. The number of carbonyl (C=O) groups is 2. The molecule has 1 unspecified atom stereocenters. The number of hydrogen-bond acceptors (Lipinski definition) is 6. The number of nitrogens with one attached hydrogen (secondary N) is 1. The number of nitrogens with zero attached hydrogens (tertiary/aromatic N) is 1. The highest BCUT2D eigenvalue weighted by atomic mass is 32.2. The lowest BCUT2D eigenvalue weighted by Crippen LogP contribution is -2.44. The minimum absolute atomic E-state index is 0.0305. The van der Waals surface area contributed by atoms with Gasteiger partial charge in [-0.3, -0.25) is 14.5 Å². The molecule has 3 rings (SSSR count). The highest BCUT2D eigenvalue weighted by Gasteiger charge is 2.38. The maximum absolute atomic E-state index is 12.9. The number of ether oxygens (including phenoxy) is 1. The van der Waals surface area contributed by atoms with Crippen LogP contribution < -0.4 is 10.1 Å². The summed E-state index contributed by atoms with van der Waals surface area (Å²) in [7, 11) is 0. The predicted molar refractivity (Wildman–Crippen MR) is 124 cm³/mol. The summed E-state index contributed by atoms with van der Waals surface area (Å²) < 4.78 is 5.71. The number of phenols is 1. The van der Waals surface area contributed by atoms with Gasteiger partial charge in [-0.2, -0.15) is 0 Å². The Morgan fingerprint density at radius 3 is 2.80 bits per heavy atom. The van der Waals surface area contributed by atoms with E-state index in [2.05, 4.69) is 5.32 Å². The Bertz CT molecular complexity index is 1040. The first-order chi connectivity index (χ1) is 14.3. The van der Waals surface area contributed by atoms with Crippen molar-refractivity contribution in [2.45, 2.75) is 26.8 Å². The molecule has 1 heterocycles. The van der Waals surface area contributed by atoms with Crippen molar-refractivity contribution in [2.75, 3.05) is 11.9 Å². The zero-order valence-corrected chi connectivity index (χ0v) is 18.5. The first kappa shape index (κ1) is 21.9. The van der Waals surface area contributed by atoms with Gasteiger partial charge in [0.1, 0.15) is 10.4 Å². The summed E-state index contributed by atoms with van der Waals surface area (Å²) >= 11 is 6.50. The van der Waals surface area contributed by atoms with Gasteiger partial charge in [0.15, 0.2) is 11.5 Å². The van der Waals surface area contributed by atoms with Crippen LogP contribution in [0.4, 0.5) is 5.69 Å². The van der Waals surface area contributed by atoms with Gasteiger partial charge in [0.2, 0.25) is 5.91 Å². The molecule has 0 bridgehead atoms. The summed E-state index contributed by atoms with van der Waals surface area (Å²) in [5, 5.41) is 12.7. The Morgan fingerprint density at radius 2 is 2.10 bits per heavy atom. The second-order valence-electron chi connectivity index (χ2n) is 6.75. The van der Waals surface area contributed by atoms with Gasteiger partial charge in [0.25, 0.3) is 5.91 Å². The average molecular weight is 443 g/mol. The molecule has 30 heavy (non-hydrogen) atoms. The van der Waals surface area contributed by atoms with E-state index in [9.17, 15) is 14.7 Å². The molecule has 6 nitrogen and oxygen atoms in total. The lowest BCUT2D eigenvalue weighted by atomic mass is 10.1. The molecule has 0 spiro atoms. The number of rotatable bonds is 6. The van der Waals surface area contributed by atoms with Crippen molar-refractivity contribution in [3.63, 3.8) is 0 Å². The molecule has 1 saturated heterocycles. The predicted octanol–water partition coefficient (Wildman–Crippen LogP) is 4.33. The van der Waals surface area contributed by atoms with Crippen molar-refractivity contribution in [1.29, 1.82) is 0 Å². The number of thioether (sulfide) groups is 1. The molecule has 0 saturated carbocycles. The summed E-state index contributed by atoms with van der Waals surface area (Å²) in [6.07, 6.45) is 1.67. The SMILES string of the molecule is CCOc1cc(/C=C2\SC(=S)N(C(C)C(=O)Nc3cccc(C)c3)C2=O)ccc1O. The van der Waals surface area contributed by atoms with Gasteiger partial charge in [-0.15, -0.1) is 0 Å². The summed E-state index contributed by atoms with van der Waals surface area (Å²) in [6, 6.07) is 11.5. The van der Waals surface area contributed by atoms with Crippen LogP contribution in [0.5, 0.6) is 11.5 Å². The van der Waals surface area contributed by atoms with E-state index >= 15 is 0 Å². The average Bonchev–Trinajstić information content (AvgIpc) is 2.97. The second kappa shape index (κ2) is 9.32. The molecule has 2 N–H and O–H groups in total. The van der Waals surface area contributed by atoms with Crippen molar-refractivity contribution in [3.05, 3.63) is 58.5 Å². The number of hydrogen-bond donors (Lipinski definition) is 2. The monoisotopic (exact) mass is 442 g/mol. The van der Waals surface area contributed by atoms with Crippen molar-refractivity contribution in [1.82, 2.24) is 4.90 Å². The third kappa shape index (κ3) is 4.83. The van der Waals surface area contributed by atoms with E-state index in [-0.39, 0.29) is 17.6 Å². The lowest BCUT2D eigenvalue weighted by molar-refractivity contribution is -0.129. The van der Waals surface area contributed by atoms with Crippen LogP contribution >= 0.6 is 24.0 Å². The summed E-state index contributed by atoms with van der Waals surface area (Å²) in [4.78, 5) is 27.3. The van der Waals surface area contributed by atoms with Gasteiger partial charge in [-0.25, -0.2) is 0 Å². The van der Waals surface area contributed by atoms with E-state index in [0.29, 0.717) is 32.8 Å². The Kier molecular flexibility index (Phi) is 6.79. The van der Waals surface area contributed by atoms with E-state index < -0.39 is 6.04 Å². The standard InChI is InChI=1S/C22H22N2O4S2/c1-4-28-18-11-15(8-9-17(18)25)12-19-21(27)24(22(29)30-19)14(3)20(26)23-16-7-5-6-13(2)10-16/h5-12,14,25H,4H2,1-3H3,(H,23,26)/b19-12-. The van der Waals surface area contributed by atoms with Crippen LogP contribution in [0.2, 0.25) is 0 Å². The van der Waals surface area contributed by atoms with Crippen LogP contribution in [-0.4, -0.2) is 38.8 Å². The molecule has 1 aliphatic rings. The van der Waals surface area contributed by atoms with Crippen LogP contribution in [-0.2, 0) is 9.59 Å². The number of amides is 2. The fraction of sp³-hybridized carbons (Fsp3) is 0.227. The smallest absolute Gasteiger partial charge is 0.266 e. The van der Waals surface area contributed by atoms with Crippen LogP contribution in [0.1, 0.15) is 25.0 Å². The number of phenolic OH excluding ortho intramolecular Hbond substituents is 1. The van der Waals surface area contributed by atoms with Crippen molar-refractivity contribution in [3.8, 4) is 11.5 Å². The molecule has 1 fully saturated rings. The number of anilines is 1. The first-order valence-corrected chi connectivity index (χ1v) is 10.6. The maximum Gasteiger partial charge on any atom is 0.266 e. The minimum atomic E-state index is -0.761. The zero-order valence-electron chi connectivity index (χ0n) is 16.8. The number of benzene rings is 2. The molecule has 2 amide bonds.